The number of benzene rings is 1. The highest BCUT2D eigenvalue weighted by Crippen LogP contribution is 2.35. The number of nitrogens with one attached hydrogen (secondary N) is 1. The molecule has 5 nitrogen and oxygen atoms in total. The molecular formula is C15H20BrNO4. The Balaban J connectivity index is 2.18. The molecule has 0 bridgehead atoms. The summed E-state index contributed by atoms with van der Waals surface area (Å²) in [6, 6.07) is 3.11. The molecule has 1 aliphatic carbocycles. The van der Waals surface area contributed by atoms with Gasteiger partial charge in [0.2, 0.25) is 0 Å². The number of aliphatic hydroxyl groups excluding tert-OH is 1. The van der Waals surface area contributed by atoms with Gasteiger partial charge in [-0.25, -0.2) is 0 Å². The minimum atomic E-state index is -0.470. The zero-order valence-electron chi connectivity index (χ0n) is 12.2. The van der Waals surface area contributed by atoms with Gasteiger partial charge in [0.05, 0.1) is 26.4 Å². The zero-order chi connectivity index (χ0) is 15.4. The van der Waals surface area contributed by atoms with Gasteiger partial charge in [0.1, 0.15) is 16.0 Å². The minimum absolute atomic E-state index is 0.188. The minimum Gasteiger partial charge on any atom is -0.495 e. The molecule has 1 fully saturated rings. The first-order valence-electron chi connectivity index (χ1n) is 6.97. The third-order valence-electron chi connectivity index (χ3n) is 3.75. The molecule has 21 heavy (non-hydrogen) atoms. The van der Waals surface area contributed by atoms with Crippen molar-refractivity contribution in [1.29, 1.82) is 0 Å². The normalized spacial score (nSPS) is 21.7. The molecule has 1 amide bonds. The number of methoxy groups -OCH3 is 2. The van der Waals surface area contributed by atoms with Crippen LogP contribution in [-0.4, -0.2) is 37.4 Å². The van der Waals surface area contributed by atoms with Crippen molar-refractivity contribution >= 4 is 21.8 Å². The van der Waals surface area contributed by atoms with E-state index in [1.807, 2.05) is 0 Å². The van der Waals surface area contributed by atoms with Crippen LogP contribution in [0.1, 0.15) is 36.0 Å². The Morgan fingerprint density at radius 2 is 1.81 bits per heavy atom. The molecule has 0 aromatic heterocycles. The number of carbonyl (C=O) groups excluding carboxylic acids is 1. The van der Waals surface area contributed by atoms with Crippen LogP contribution in [0.2, 0.25) is 0 Å². The van der Waals surface area contributed by atoms with Gasteiger partial charge in [-0.3, -0.25) is 4.79 Å². The Morgan fingerprint density at radius 3 is 2.33 bits per heavy atom. The van der Waals surface area contributed by atoms with Crippen molar-refractivity contribution in [2.45, 2.75) is 37.8 Å². The molecule has 1 aromatic carbocycles. The SMILES string of the molecule is COc1cc(C(=O)NC2CCCCC2O)cc(OC)c1Br. The van der Waals surface area contributed by atoms with E-state index in [-0.39, 0.29) is 11.9 Å². The van der Waals surface area contributed by atoms with Crippen LogP contribution in [0.5, 0.6) is 11.5 Å². The Hall–Kier alpha value is -1.27. The van der Waals surface area contributed by atoms with E-state index in [4.69, 9.17) is 9.47 Å². The van der Waals surface area contributed by atoms with E-state index < -0.39 is 6.10 Å². The first-order valence-corrected chi connectivity index (χ1v) is 7.76. The van der Waals surface area contributed by atoms with E-state index in [9.17, 15) is 9.90 Å². The van der Waals surface area contributed by atoms with Gasteiger partial charge in [0, 0.05) is 5.56 Å². The molecule has 116 valence electrons. The van der Waals surface area contributed by atoms with Crippen LogP contribution in [0.4, 0.5) is 0 Å². The van der Waals surface area contributed by atoms with E-state index in [2.05, 4.69) is 21.2 Å². The van der Waals surface area contributed by atoms with E-state index in [0.717, 1.165) is 25.7 Å². The van der Waals surface area contributed by atoms with Crippen molar-refractivity contribution in [3.63, 3.8) is 0 Å². The Morgan fingerprint density at radius 1 is 1.24 bits per heavy atom. The summed E-state index contributed by atoms with van der Waals surface area (Å²) < 4.78 is 11.1. The Kier molecular flexibility index (Phi) is 5.47. The van der Waals surface area contributed by atoms with Gasteiger partial charge in [-0.1, -0.05) is 12.8 Å². The Labute approximate surface area is 132 Å². The molecule has 2 unspecified atom stereocenters. The van der Waals surface area contributed by atoms with Crippen LogP contribution >= 0.6 is 15.9 Å². The number of aliphatic hydroxyl groups is 1. The van der Waals surface area contributed by atoms with E-state index in [0.29, 0.717) is 21.5 Å². The molecule has 2 rings (SSSR count). The molecule has 1 aromatic rings. The van der Waals surface area contributed by atoms with Gasteiger partial charge in [0.15, 0.2) is 0 Å². The second kappa shape index (κ2) is 7.13. The Bertz CT molecular complexity index is 495. The highest BCUT2D eigenvalue weighted by atomic mass is 79.9. The summed E-state index contributed by atoms with van der Waals surface area (Å²) in [5.74, 6) is 0.831. The van der Waals surface area contributed by atoms with Crippen molar-refractivity contribution in [2.24, 2.45) is 0 Å². The van der Waals surface area contributed by atoms with Crippen molar-refractivity contribution in [3.8, 4) is 11.5 Å². The first-order chi connectivity index (χ1) is 10.1. The van der Waals surface area contributed by atoms with Gasteiger partial charge >= 0.3 is 0 Å². The van der Waals surface area contributed by atoms with E-state index in [1.165, 1.54) is 14.2 Å². The molecule has 0 heterocycles. The summed E-state index contributed by atoms with van der Waals surface area (Å²) in [5, 5.41) is 12.8. The van der Waals surface area contributed by atoms with Crippen LogP contribution in [-0.2, 0) is 0 Å². The maximum Gasteiger partial charge on any atom is 0.251 e. The lowest BCUT2D eigenvalue weighted by atomic mass is 9.92. The third-order valence-corrected chi connectivity index (χ3v) is 4.54. The van der Waals surface area contributed by atoms with Gasteiger partial charge in [0.25, 0.3) is 5.91 Å². The van der Waals surface area contributed by atoms with Gasteiger partial charge < -0.3 is 19.9 Å². The lowest BCUT2D eigenvalue weighted by Gasteiger charge is -2.28. The molecular weight excluding hydrogens is 338 g/mol. The van der Waals surface area contributed by atoms with E-state index in [1.54, 1.807) is 12.1 Å². The predicted molar refractivity (Wildman–Crippen MR) is 83.0 cm³/mol. The average molecular weight is 358 g/mol. The molecule has 2 N–H and O–H groups in total. The molecule has 2 atom stereocenters. The second-order valence-electron chi connectivity index (χ2n) is 5.13. The standard InChI is InChI=1S/C15H20BrNO4/c1-20-12-7-9(8-13(21-2)14(12)16)15(19)17-10-5-3-4-6-11(10)18/h7-8,10-11,18H,3-6H2,1-2H3,(H,17,19). The molecule has 0 saturated heterocycles. The number of carbonyl (C=O) groups is 1. The predicted octanol–water partition coefficient (Wildman–Crippen LogP) is 2.50. The number of hydrogen-bond acceptors (Lipinski definition) is 4. The maximum atomic E-state index is 12.4. The van der Waals surface area contributed by atoms with Gasteiger partial charge in [-0.05, 0) is 40.9 Å². The number of amides is 1. The summed E-state index contributed by atoms with van der Waals surface area (Å²) in [6.07, 6.45) is 3.10. The molecule has 1 saturated carbocycles. The smallest absolute Gasteiger partial charge is 0.251 e. The lowest BCUT2D eigenvalue weighted by molar-refractivity contribution is 0.0717. The molecule has 0 spiro atoms. The fourth-order valence-corrected chi connectivity index (χ4v) is 3.08. The zero-order valence-corrected chi connectivity index (χ0v) is 13.8. The van der Waals surface area contributed by atoms with Crippen molar-refractivity contribution < 1.29 is 19.4 Å². The fraction of sp³-hybridized carbons (Fsp3) is 0.533. The summed E-state index contributed by atoms with van der Waals surface area (Å²) in [7, 11) is 3.07. The second-order valence-corrected chi connectivity index (χ2v) is 5.92. The van der Waals surface area contributed by atoms with Crippen molar-refractivity contribution in [2.75, 3.05) is 14.2 Å². The number of rotatable bonds is 4. The largest absolute Gasteiger partial charge is 0.495 e. The quantitative estimate of drug-likeness (QED) is 0.868. The van der Waals surface area contributed by atoms with Crippen LogP contribution in [0, 0.1) is 0 Å². The molecule has 0 aliphatic heterocycles. The number of halogens is 1. The molecule has 0 radical (unpaired) electrons. The monoisotopic (exact) mass is 357 g/mol. The lowest BCUT2D eigenvalue weighted by Crippen LogP contribution is -2.45. The van der Waals surface area contributed by atoms with Crippen LogP contribution in [0.3, 0.4) is 0 Å². The van der Waals surface area contributed by atoms with Crippen molar-refractivity contribution in [1.82, 2.24) is 5.32 Å². The maximum absolute atomic E-state index is 12.4. The van der Waals surface area contributed by atoms with Crippen LogP contribution < -0.4 is 14.8 Å². The summed E-state index contributed by atoms with van der Waals surface area (Å²) in [6.45, 7) is 0. The van der Waals surface area contributed by atoms with E-state index >= 15 is 0 Å². The molecule has 1 aliphatic rings. The highest BCUT2D eigenvalue weighted by Gasteiger charge is 2.25. The molecule has 6 heteroatoms. The fourth-order valence-electron chi connectivity index (χ4n) is 2.53. The third kappa shape index (κ3) is 3.68. The first kappa shape index (κ1) is 16.1. The highest BCUT2D eigenvalue weighted by molar-refractivity contribution is 9.10. The van der Waals surface area contributed by atoms with Crippen LogP contribution in [0.25, 0.3) is 0 Å². The van der Waals surface area contributed by atoms with Gasteiger partial charge in [-0.2, -0.15) is 0 Å². The summed E-state index contributed by atoms with van der Waals surface area (Å²) in [4.78, 5) is 12.4. The number of hydrogen-bond donors (Lipinski definition) is 2. The summed E-state index contributed by atoms with van der Waals surface area (Å²) >= 11 is 3.37. The number of ether oxygens (including phenoxy) is 2. The topological polar surface area (TPSA) is 67.8 Å². The average Bonchev–Trinajstić information content (AvgIpc) is 2.49. The van der Waals surface area contributed by atoms with Gasteiger partial charge in [-0.15, -0.1) is 0 Å². The van der Waals surface area contributed by atoms with Crippen LogP contribution in [0.15, 0.2) is 16.6 Å². The van der Waals surface area contributed by atoms with Crippen molar-refractivity contribution in [3.05, 3.63) is 22.2 Å². The summed E-state index contributed by atoms with van der Waals surface area (Å²) in [5.41, 5.74) is 0.449.